The summed E-state index contributed by atoms with van der Waals surface area (Å²) in [5.41, 5.74) is 0.551. The van der Waals surface area contributed by atoms with Crippen LogP contribution in [0.15, 0.2) is 18.2 Å². The van der Waals surface area contributed by atoms with Crippen LogP contribution in [-0.4, -0.2) is 60.3 Å². The van der Waals surface area contributed by atoms with E-state index in [1.807, 2.05) is 11.8 Å². The molecular weight excluding hydrogens is 360 g/mol. The van der Waals surface area contributed by atoms with Crippen LogP contribution in [0.25, 0.3) is 0 Å². The second-order valence-electron chi connectivity index (χ2n) is 7.64. The molecule has 154 valence electrons. The largest absolute Gasteiger partial charge is 0.493 e. The van der Waals surface area contributed by atoms with E-state index in [2.05, 4.69) is 5.32 Å². The van der Waals surface area contributed by atoms with Crippen molar-refractivity contribution in [3.63, 3.8) is 0 Å². The second kappa shape index (κ2) is 9.28. The molecule has 2 aliphatic carbocycles. The summed E-state index contributed by atoms with van der Waals surface area (Å²) < 4.78 is 11.4. The molecule has 2 aliphatic rings. The maximum atomic E-state index is 12.6. The van der Waals surface area contributed by atoms with E-state index in [1.165, 1.54) is 12.8 Å². The van der Waals surface area contributed by atoms with Crippen LogP contribution in [0.5, 0.6) is 11.5 Å². The van der Waals surface area contributed by atoms with Gasteiger partial charge < -0.3 is 19.9 Å². The Labute approximate surface area is 166 Å². The summed E-state index contributed by atoms with van der Waals surface area (Å²) in [7, 11) is 1.60. The first kappa shape index (κ1) is 20.5. The quantitative estimate of drug-likeness (QED) is 0.674. The summed E-state index contributed by atoms with van der Waals surface area (Å²) in [4.78, 5) is 25.5. The monoisotopic (exact) mass is 390 g/mol. The van der Waals surface area contributed by atoms with Crippen molar-refractivity contribution in [3.8, 4) is 11.5 Å². The fraction of sp³-hybridized carbons (Fsp3) is 0.619. The lowest BCUT2D eigenvalue weighted by molar-refractivity contribution is -0.139. The van der Waals surface area contributed by atoms with E-state index in [4.69, 9.17) is 14.6 Å². The molecule has 1 amide bonds. The average molecular weight is 390 g/mol. The summed E-state index contributed by atoms with van der Waals surface area (Å²) in [6, 6.07) is 5.55. The van der Waals surface area contributed by atoms with Crippen molar-refractivity contribution < 1.29 is 24.2 Å². The molecule has 2 fully saturated rings. The van der Waals surface area contributed by atoms with Gasteiger partial charge in [0.2, 0.25) is 0 Å². The van der Waals surface area contributed by atoms with E-state index in [9.17, 15) is 9.59 Å². The lowest BCUT2D eigenvalue weighted by Crippen LogP contribution is -2.54. The fourth-order valence-electron chi connectivity index (χ4n) is 4.04. The van der Waals surface area contributed by atoms with Gasteiger partial charge in [0.05, 0.1) is 19.8 Å². The number of hydrogen-bond acceptors (Lipinski definition) is 5. The summed E-state index contributed by atoms with van der Waals surface area (Å²) in [6.07, 6.45) is 6.15. The van der Waals surface area contributed by atoms with Gasteiger partial charge in [-0.15, -0.1) is 0 Å². The van der Waals surface area contributed by atoms with Crippen LogP contribution < -0.4 is 14.8 Å². The lowest BCUT2D eigenvalue weighted by Gasteiger charge is -2.42. The molecule has 1 aromatic carbocycles. The van der Waals surface area contributed by atoms with Crippen LogP contribution in [0.3, 0.4) is 0 Å². The zero-order chi connectivity index (χ0) is 20.1. The third-order valence-electron chi connectivity index (χ3n) is 5.73. The third-order valence-corrected chi connectivity index (χ3v) is 5.73. The van der Waals surface area contributed by atoms with Crippen molar-refractivity contribution in [3.05, 3.63) is 23.8 Å². The average Bonchev–Trinajstić information content (AvgIpc) is 3.15. The number of nitrogens with one attached hydrogen (secondary N) is 1. The summed E-state index contributed by atoms with van der Waals surface area (Å²) >= 11 is 0. The van der Waals surface area contributed by atoms with Gasteiger partial charge in [-0.2, -0.15) is 0 Å². The van der Waals surface area contributed by atoms with E-state index in [0.29, 0.717) is 23.6 Å². The number of hydrogen-bond donors (Lipinski definition) is 2. The van der Waals surface area contributed by atoms with Crippen LogP contribution in [0.4, 0.5) is 0 Å². The number of carbonyl (C=O) groups is 2. The van der Waals surface area contributed by atoms with Crippen LogP contribution in [0, 0.1) is 0 Å². The van der Waals surface area contributed by atoms with Crippen LogP contribution in [0.2, 0.25) is 0 Å². The number of amides is 1. The third kappa shape index (κ3) is 4.95. The zero-order valence-electron chi connectivity index (χ0n) is 16.6. The van der Waals surface area contributed by atoms with E-state index in [-0.39, 0.29) is 30.6 Å². The minimum absolute atomic E-state index is 0.0438. The highest BCUT2D eigenvalue weighted by atomic mass is 16.5. The molecule has 0 radical (unpaired) electrons. The number of methoxy groups -OCH3 is 1. The van der Waals surface area contributed by atoms with Gasteiger partial charge in [-0.25, -0.2) is 0 Å². The second-order valence-corrected chi connectivity index (χ2v) is 7.64. The fourth-order valence-corrected chi connectivity index (χ4v) is 4.04. The molecule has 0 bridgehead atoms. The van der Waals surface area contributed by atoms with Crippen molar-refractivity contribution in [1.82, 2.24) is 10.2 Å². The minimum Gasteiger partial charge on any atom is -0.493 e. The Morgan fingerprint density at radius 1 is 1.21 bits per heavy atom. The Balaban J connectivity index is 1.56. The number of rotatable bonds is 9. The van der Waals surface area contributed by atoms with Gasteiger partial charge >= 0.3 is 5.97 Å². The highest BCUT2D eigenvalue weighted by molar-refractivity contribution is 5.95. The molecule has 2 saturated carbocycles. The first-order valence-electron chi connectivity index (χ1n) is 10.1. The normalized spacial score (nSPS) is 22.0. The van der Waals surface area contributed by atoms with Crippen molar-refractivity contribution in [2.75, 3.05) is 20.2 Å². The molecule has 0 aromatic heterocycles. The Kier molecular flexibility index (Phi) is 6.78. The molecular formula is C21H30N2O5. The first-order valence-corrected chi connectivity index (χ1v) is 10.1. The number of carboxylic acid groups (broad SMARTS) is 1. The highest BCUT2D eigenvalue weighted by Crippen LogP contribution is 2.33. The molecule has 0 aliphatic heterocycles. The molecule has 28 heavy (non-hydrogen) atoms. The van der Waals surface area contributed by atoms with E-state index in [0.717, 1.165) is 25.7 Å². The highest BCUT2D eigenvalue weighted by Gasteiger charge is 2.34. The lowest BCUT2D eigenvalue weighted by atomic mass is 9.85. The summed E-state index contributed by atoms with van der Waals surface area (Å²) in [6.45, 7) is 2.69. The zero-order valence-corrected chi connectivity index (χ0v) is 16.6. The van der Waals surface area contributed by atoms with Gasteiger partial charge in [-0.1, -0.05) is 6.92 Å². The molecule has 2 N–H and O–H groups in total. The summed E-state index contributed by atoms with van der Waals surface area (Å²) in [5.74, 6) is 0.303. The van der Waals surface area contributed by atoms with Crippen LogP contribution >= 0.6 is 0 Å². The Morgan fingerprint density at radius 3 is 2.54 bits per heavy atom. The molecule has 0 heterocycles. The number of nitrogens with zero attached hydrogens (tertiary/aromatic N) is 1. The maximum Gasteiger partial charge on any atom is 0.317 e. The van der Waals surface area contributed by atoms with E-state index in [1.54, 1.807) is 25.3 Å². The number of likely N-dealkylation sites (N-methyl/N-ethyl adjacent to an activating group) is 1. The molecule has 0 saturated heterocycles. The predicted octanol–water partition coefficient (Wildman–Crippen LogP) is 2.68. The van der Waals surface area contributed by atoms with Crippen molar-refractivity contribution in [2.45, 2.75) is 63.6 Å². The standard InChI is InChI=1S/C21H30N2O5/c1-3-23(13-20(24)25)16-11-15(12-16)22-21(26)14-8-9-18(27-2)19(10-14)28-17-6-4-5-7-17/h8-10,15-17H,3-7,11-13H2,1-2H3,(H,22,26)(H,24,25). The molecule has 0 unspecified atom stereocenters. The molecule has 0 atom stereocenters. The van der Waals surface area contributed by atoms with Gasteiger partial charge in [0.25, 0.3) is 5.91 Å². The maximum absolute atomic E-state index is 12.6. The Bertz CT molecular complexity index is 696. The summed E-state index contributed by atoms with van der Waals surface area (Å²) in [5, 5.41) is 12.0. The molecule has 7 heteroatoms. The van der Waals surface area contributed by atoms with Gasteiger partial charge in [0.15, 0.2) is 11.5 Å². The van der Waals surface area contributed by atoms with E-state index < -0.39 is 5.97 Å². The van der Waals surface area contributed by atoms with Crippen molar-refractivity contribution in [2.24, 2.45) is 0 Å². The molecule has 7 nitrogen and oxygen atoms in total. The minimum atomic E-state index is -0.817. The topological polar surface area (TPSA) is 88.1 Å². The molecule has 0 spiro atoms. The van der Waals surface area contributed by atoms with Gasteiger partial charge in [0.1, 0.15) is 0 Å². The smallest absolute Gasteiger partial charge is 0.317 e. The Morgan fingerprint density at radius 2 is 1.93 bits per heavy atom. The SMILES string of the molecule is CCN(CC(=O)O)C1CC(NC(=O)c2ccc(OC)c(OC3CCCC3)c2)C1. The number of carboxylic acids is 1. The molecule has 3 rings (SSSR count). The van der Waals surface area contributed by atoms with Crippen molar-refractivity contribution in [1.29, 1.82) is 0 Å². The Hall–Kier alpha value is -2.28. The van der Waals surface area contributed by atoms with Gasteiger partial charge in [0, 0.05) is 17.6 Å². The predicted molar refractivity (Wildman–Crippen MR) is 105 cm³/mol. The molecule has 1 aromatic rings. The van der Waals surface area contributed by atoms with Crippen molar-refractivity contribution >= 4 is 11.9 Å². The first-order chi connectivity index (χ1) is 13.5. The number of carbonyl (C=O) groups excluding carboxylic acids is 1. The van der Waals surface area contributed by atoms with E-state index >= 15 is 0 Å². The number of aliphatic carboxylic acids is 1. The van der Waals surface area contributed by atoms with Gasteiger partial charge in [-0.05, 0) is 63.3 Å². The number of benzene rings is 1. The van der Waals surface area contributed by atoms with Gasteiger partial charge in [-0.3, -0.25) is 14.5 Å². The number of ether oxygens (including phenoxy) is 2. The van der Waals surface area contributed by atoms with Crippen LogP contribution in [-0.2, 0) is 4.79 Å². The van der Waals surface area contributed by atoms with Crippen LogP contribution in [0.1, 0.15) is 55.8 Å².